The molecular weight excluding hydrogens is 360 g/mol. The van der Waals surface area contributed by atoms with E-state index in [9.17, 15) is 19.2 Å². The molecule has 0 aromatic rings. The van der Waals surface area contributed by atoms with Crippen LogP contribution in [0.2, 0.25) is 0 Å². The summed E-state index contributed by atoms with van der Waals surface area (Å²) in [6.07, 6.45) is 8.36. The number of hydrogen-bond donors (Lipinski definition) is 4. The topological polar surface area (TPSA) is 116 Å². The lowest BCUT2D eigenvalue weighted by atomic mass is 9.90. The van der Waals surface area contributed by atoms with E-state index in [1.54, 1.807) is 0 Å². The van der Waals surface area contributed by atoms with Gasteiger partial charge in [-0.3, -0.25) is 19.2 Å². The molecule has 0 heterocycles. The van der Waals surface area contributed by atoms with Crippen molar-refractivity contribution in [1.82, 2.24) is 21.3 Å². The molecule has 8 nitrogen and oxygen atoms in total. The van der Waals surface area contributed by atoms with Gasteiger partial charge in [-0.15, -0.1) is 0 Å². The Labute approximate surface area is 168 Å². The highest BCUT2D eigenvalue weighted by molar-refractivity contribution is 5.75. The largest absolute Gasteiger partial charge is 0.352 e. The smallest absolute Gasteiger partial charge is 0.217 e. The fraction of sp³-hybridized carbons (Fsp3) is 0.800. The molecule has 2 rings (SSSR count). The number of rotatable bonds is 4. The van der Waals surface area contributed by atoms with Crippen molar-refractivity contribution in [2.45, 2.75) is 103 Å². The summed E-state index contributed by atoms with van der Waals surface area (Å²) in [4.78, 5) is 43.7. The van der Waals surface area contributed by atoms with Crippen molar-refractivity contribution >= 4 is 23.6 Å². The highest BCUT2D eigenvalue weighted by Gasteiger charge is 2.26. The average molecular weight is 397 g/mol. The molecule has 0 radical (unpaired) electrons. The monoisotopic (exact) mass is 396 g/mol. The Morgan fingerprint density at radius 1 is 0.464 bits per heavy atom. The lowest BCUT2D eigenvalue weighted by Crippen LogP contribution is -2.52. The Balaban J connectivity index is 0.000000280. The quantitative estimate of drug-likeness (QED) is 0.570. The number of carbonyl (C=O) groups is 4. The second-order valence-corrected chi connectivity index (χ2v) is 7.80. The summed E-state index contributed by atoms with van der Waals surface area (Å²) in [5, 5.41) is 11.5. The van der Waals surface area contributed by atoms with Crippen molar-refractivity contribution in [3.63, 3.8) is 0 Å². The summed E-state index contributed by atoms with van der Waals surface area (Å²) in [5.74, 6) is -0.0843. The maximum Gasteiger partial charge on any atom is 0.217 e. The van der Waals surface area contributed by atoms with Crippen molar-refractivity contribution in [3.8, 4) is 0 Å². The number of nitrogens with one attached hydrogen (secondary N) is 4. The van der Waals surface area contributed by atoms with Gasteiger partial charge in [0.25, 0.3) is 0 Å². The highest BCUT2D eigenvalue weighted by atomic mass is 16.2. The molecule has 4 amide bonds. The van der Waals surface area contributed by atoms with Gasteiger partial charge in [-0.25, -0.2) is 0 Å². The van der Waals surface area contributed by atoms with Gasteiger partial charge in [0, 0.05) is 51.9 Å². The van der Waals surface area contributed by atoms with Crippen LogP contribution in [0.15, 0.2) is 0 Å². The predicted octanol–water partition coefficient (Wildman–Crippen LogP) is 1.14. The molecule has 2 saturated carbocycles. The molecule has 28 heavy (non-hydrogen) atoms. The summed E-state index contributed by atoms with van der Waals surface area (Å²) in [6.45, 7) is 6.05. The summed E-state index contributed by atoms with van der Waals surface area (Å²) in [6, 6.07) is 0.464. The third-order valence-electron chi connectivity index (χ3n) is 5.09. The van der Waals surface area contributed by atoms with Crippen LogP contribution in [0.3, 0.4) is 0 Å². The summed E-state index contributed by atoms with van der Waals surface area (Å²) in [7, 11) is 0. The zero-order chi connectivity index (χ0) is 21.1. The normalized spacial score (nSPS) is 26.7. The van der Waals surface area contributed by atoms with E-state index >= 15 is 0 Å². The van der Waals surface area contributed by atoms with Gasteiger partial charge in [0.2, 0.25) is 23.6 Å². The van der Waals surface area contributed by atoms with Crippen LogP contribution in [0.25, 0.3) is 0 Å². The minimum Gasteiger partial charge on any atom is -0.352 e. The van der Waals surface area contributed by atoms with E-state index in [2.05, 4.69) is 21.3 Å². The van der Waals surface area contributed by atoms with Crippen LogP contribution < -0.4 is 21.3 Å². The molecule has 0 unspecified atom stereocenters. The van der Waals surface area contributed by atoms with Gasteiger partial charge in [-0.2, -0.15) is 0 Å². The predicted molar refractivity (Wildman–Crippen MR) is 107 cm³/mol. The molecule has 2 aliphatic carbocycles. The van der Waals surface area contributed by atoms with Gasteiger partial charge < -0.3 is 21.3 Å². The molecule has 2 fully saturated rings. The van der Waals surface area contributed by atoms with Crippen LogP contribution >= 0.6 is 0 Å². The first-order valence-electron chi connectivity index (χ1n) is 10.3. The van der Waals surface area contributed by atoms with Crippen molar-refractivity contribution in [2.24, 2.45) is 0 Å². The maximum absolute atomic E-state index is 10.9. The first kappa shape index (κ1) is 23.9. The molecule has 4 atom stereocenters. The average Bonchev–Trinajstić information content (AvgIpc) is 2.57. The molecule has 0 spiro atoms. The second kappa shape index (κ2) is 12.4. The van der Waals surface area contributed by atoms with Crippen LogP contribution in [0.1, 0.15) is 79.1 Å². The van der Waals surface area contributed by atoms with E-state index < -0.39 is 0 Å². The van der Waals surface area contributed by atoms with Crippen LogP contribution in [-0.2, 0) is 19.2 Å². The van der Waals surface area contributed by atoms with Crippen molar-refractivity contribution in [1.29, 1.82) is 0 Å². The third-order valence-corrected chi connectivity index (χ3v) is 5.09. The van der Waals surface area contributed by atoms with Crippen LogP contribution in [0.5, 0.6) is 0 Å². The minimum atomic E-state index is -0.0211. The first-order valence-corrected chi connectivity index (χ1v) is 10.3. The molecule has 160 valence electrons. The van der Waals surface area contributed by atoms with Crippen molar-refractivity contribution in [3.05, 3.63) is 0 Å². The van der Waals surface area contributed by atoms with E-state index in [0.29, 0.717) is 0 Å². The molecule has 0 aromatic carbocycles. The van der Waals surface area contributed by atoms with E-state index in [1.807, 2.05) is 0 Å². The van der Waals surface area contributed by atoms with Crippen molar-refractivity contribution in [2.75, 3.05) is 0 Å². The van der Waals surface area contributed by atoms with E-state index in [0.717, 1.165) is 51.4 Å². The fourth-order valence-electron chi connectivity index (χ4n) is 4.00. The molecule has 0 saturated heterocycles. The van der Waals surface area contributed by atoms with Gasteiger partial charge in [-0.1, -0.05) is 25.7 Å². The Bertz CT molecular complexity index is 456. The Hall–Kier alpha value is -2.12. The summed E-state index contributed by atoms with van der Waals surface area (Å²) < 4.78 is 0. The highest BCUT2D eigenvalue weighted by Crippen LogP contribution is 2.19. The van der Waals surface area contributed by atoms with E-state index in [4.69, 9.17) is 0 Å². The Kier molecular flexibility index (Phi) is 10.6. The van der Waals surface area contributed by atoms with Gasteiger partial charge in [0.15, 0.2) is 0 Å². The SMILES string of the molecule is CC(=O)N[C@@H]1CCCC[C@H]1NC(C)=O.CC(=O)N[C@H]1CCCC[C@@H]1NC(C)=O. The molecule has 2 aliphatic rings. The van der Waals surface area contributed by atoms with E-state index in [-0.39, 0.29) is 47.8 Å². The number of carbonyl (C=O) groups excluding carboxylic acids is 4. The second-order valence-electron chi connectivity index (χ2n) is 7.80. The third kappa shape index (κ3) is 9.71. The van der Waals surface area contributed by atoms with Crippen LogP contribution in [0.4, 0.5) is 0 Å². The van der Waals surface area contributed by atoms with E-state index in [1.165, 1.54) is 27.7 Å². The molecule has 0 bridgehead atoms. The Morgan fingerprint density at radius 2 is 0.643 bits per heavy atom. The minimum absolute atomic E-state index is 0.0211. The first-order chi connectivity index (χ1) is 13.2. The maximum atomic E-state index is 10.9. The zero-order valence-electron chi connectivity index (χ0n) is 17.6. The van der Waals surface area contributed by atoms with Crippen LogP contribution in [0, 0.1) is 0 Å². The molecule has 0 aliphatic heterocycles. The van der Waals surface area contributed by atoms with Gasteiger partial charge in [0.1, 0.15) is 0 Å². The molecule has 4 N–H and O–H groups in total. The molecule has 0 aromatic heterocycles. The van der Waals surface area contributed by atoms with Gasteiger partial charge in [-0.05, 0) is 25.7 Å². The lowest BCUT2D eigenvalue weighted by Gasteiger charge is -2.32. The number of amides is 4. The van der Waals surface area contributed by atoms with Crippen molar-refractivity contribution < 1.29 is 19.2 Å². The van der Waals surface area contributed by atoms with Crippen LogP contribution in [-0.4, -0.2) is 47.8 Å². The molecule has 8 heteroatoms. The lowest BCUT2D eigenvalue weighted by molar-refractivity contribution is -0.122. The van der Waals surface area contributed by atoms with Gasteiger partial charge in [0.05, 0.1) is 0 Å². The summed E-state index contributed by atoms with van der Waals surface area (Å²) >= 11 is 0. The molecular formula is C20H36N4O4. The zero-order valence-corrected chi connectivity index (χ0v) is 17.6. The van der Waals surface area contributed by atoms with Gasteiger partial charge >= 0.3 is 0 Å². The number of hydrogen-bond acceptors (Lipinski definition) is 4. The summed E-state index contributed by atoms with van der Waals surface area (Å²) in [5.41, 5.74) is 0. The fourth-order valence-corrected chi connectivity index (χ4v) is 4.00. The Morgan fingerprint density at radius 3 is 0.786 bits per heavy atom. The standard InChI is InChI=1S/2C10H18N2O2/c2*1-7(13)11-9-5-3-4-6-10(9)12-8(2)14/h2*9-10H,3-6H2,1-2H3,(H,11,13)(H,12,14)/t2*9-,10-/m10/s1.